The van der Waals surface area contributed by atoms with Crippen molar-refractivity contribution in [2.75, 3.05) is 0 Å². The minimum absolute atomic E-state index is 0.000936. The Labute approximate surface area is 305 Å². The molecule has 4 unspecified atom stereocenters. The molecule has 0 bridgehead atoms. The lowest BCUT2D eigenvalue weighted by Crippen LogP contribution is -2.13. The summed E-state index contributed by atoms with van der Waals surface area (Å²) in [7, 11) is 0. The SMILES string of the molecule is C=C1CC2C(=O)C(c3c(CC)cc(C)cc3CC)=C(O)C2C1.C=C1CC2C(=O)C(c3c(CC)cc(C)cc3CC)=C(OCc3ccccc3)C2C1. The number of ether oxygens (including phenoxy) is 1. The molecule has 2 fully saturated rings. The molecule has 7 rings (SSSR count). The third-order valence-electron chi connectivity index (χ3n) is 11.5. The van der Waals surface area contributed by atoms with Gasteiger partial charge in [0.15, 0.2) is 11.6 Å². The van der Waals surface area contributed by atoms with Gasteiger partial charge in [0, 0.05) is 23.7 Å². The van der Waals surface area contributed by atoms with E-state index in [1.807, 2.05) is 18.2 Å². The number of hydrogen-bond acceptors (Lipinski definition) is 4. The first kappa shape index (κ1) is 36.4. The molecule has 0 aliphatic heterocycles. The van der Waals surface area contributed by atoms with Crippen LogP contribution in [0.25, 0.3) is 11.1 Å². The second-order valence-corrected chi connectivity index (χ2v) is 15.1. The van der Waals surface area contributed by atoms with Gasteiger partial charge in [0.25, 0.3) is 0 Å². The Morgan fingerprint density at radius 2 is 1.04 bits per heavy atom. The molecule has 0 saturated heterocycles. The summed E-state index contributed by atoms with van der Waals surface area (Å²) in [6.45, 7) is 21.5. The normalized spacial score (nSPS) is 22.5. The number of benzene rings is 3. The molecule has 0 spiro atoms. The van der Waals surface area contributed by atoms with Gasteiger partial charge in [0.1, 0.15) is 18.1 Å². The van der Waals surface area contributed by atoms with Crippen LogP contribution in [0.3, 0.4) is 0 Å². The van der Waals surface area contributed by atoms with Crippen molar-refractivity contribution in [3.8, 4) is 0 Å². The predicted octanol–water partition coefficient (Wildman–Crippen LogP) is 10.8. The maximum atomic E-state index is 13.6. The zero-order valence-electron chi connectivity index (χ0n) is 31.5. The van der Waals surface area contributed by atoms with Crippen LogP contribution in [0.2, 0.25) is 0 Å². The van der Waals surface area contributed by atoms with Gasteiger partial charge in [-0.05, 0) is 104 Å². The van der Waals surface area contributed by atoms with E-state index in [1.54, 1.807) is 0 Å². The second kappa shape index (κ2) is 15.0. The van der Waals surface area contributed by atoms with Crippen LogP contribution >= 0.6 is 0 Å². The van der Waals surface area contributed by atoms with Crippen LogP contribution in [-0.4, -0.2) is 16.7 Å². The minimum Gasteiger partial charge on any atom is -0.511 e. The van der Waals surface area contributed by atoms with Crippen molar-refractivity contribution in [2.24, 2.45) is 23.7 Å². The summed E-state index contributed by atoms with van der Waals surface area (Å²) in [5.41, 5.74) is 14.3. The third-order valence-corrected chi connectivity index (χ3v) is 11.5. The molecule has 51 heavy (non-hydrogen) atoms. The Bertz CT molecular complexity index is 1900. The monoisotopic (exact) mass is 682 g/mol. The summed E-state index contributed by atoms with van der Waals surface area (Å²) in [5, 5.41) is 10.7. The Hall–Kier alpha value is -4.44. The molecule has 4 nitrogen and oxygen atoms in total. The molecule has 266 valence electrons. The molecule has 1 N–H and O–H groups in total. The van der Waals surface area contributed by atoms with Crippen molar-refractivity contribution in [3.05, 3.63) is 140 Å². The van der Waals surface area contributed by atoms with E-state index in [0.717, 1.165) is 85.0 Å². The van der Waals surface area contributed by atoms with Crippen LogP contribution < -0.4 is 0 Å². The van der Waals surface area contributed by atoms with E-state index in [2.05, 4.69) is 91.1 Å². The molecule has 0 amide bonds. The number of carbonyl (C=O) groups is 2. The first-order chi connectivity index (χ1) is 24.5. The number of allylic oxidation sites excluding steroid dienone is 6. The number of fused-ring (bicyclic) bond motifs is 2. The predicted molar refractivity (Wildman–Crippen MR) is 208 cm³/mol. The Morgan fingerprint density at radius 1 is 0.627 bits per heavy atom. The van der Waals surface area contributed by atoms with Crippen molar-refractivity contribution in [3.63, 3.8) is 0 Å². The molecule has 4 atom stereocenters. The molecule has 4 aliphatic rings. The first-order valence-electron chi connectivity index (χ1n) is 19.0. The van der Waals surface area contributed by atoms with Crippen molar-refractivity contribution in [2.45, 2.75) is 99.5 Å². The molecule has 3 aromatic carbocycles. The van der Waals surface area contributed by atoms with E-state index in [4.69, 9.17) is 4.74 Å². The zero-order valence-corrected chi connectivity index (χ0v) is 31.5. The number of ketones is 2. The van der Waals surface area contributed by atoms with Crippen LogP contribution in [0.15, 0.2) is 90.4 Å². The lowest BCUT2D eigenvalue weighted by molar-refractivity contribution is -0.117. The van der Waals surface area contributed by atoms with Crippen LogP contribution in [0.1, 0.15) is 103 Å². The van der Waals surface area contributed by atoms with Crippen molar-refractivity contribution >= 4 is 22.7 Å². The lowest BCUT2D eigenvalue weighted by Gasteiger charge is -2.19. The molecular weight excluding hydrogens is 629 g/mol. The second-order valence-electron chi connectivity index (χ2n) is 15.1. The lowest BCUT2D eigenvalue weighted by atomic mass is 9.87. The van der Waals surface area contributed by atoms with Crippen molar-refractivity contribution in [1.29, 1.82) is 0 Å². The Morgan fingerprint density at radius 3 is 1.51 bits per heavy atom. The quantitative estimate of drug-likeness (QED) is 0.228. The fourth-order valence-electron chi connectivity index (χ4n) is 9.14. The van der Waals surface area contributed by atoms with E-state index >= 15 is 0 Å². The molecule has 0 heterocycles. The van der Waals surface area contributed by atoms with Crippen LogP contribution in [0, 0.1) is 37.5 Å². The van der Waals surface area contributed by atoms with Gasteiger partial charge < -0.3 is 9.84 Å². The largest absolute Gasteiger partial charge is 0.511 e. The van der Waals surface area contributed by atoms with Gasteiger partial charge >= 0.3 is 0 Å². The Kier molecular flexibility index (Phi) is 10.7. The molecular formula is C47H54O4. The molecule has 2 saturated carbocycles. The van der Waals surface area contributed by atoms with Crippen LogP contribution in [0.4, 0.5) is 0 Å². The summed E-state index contributed by atoms with van der Waals surface area (Å²) in [6, 6.07) is 19.0. The van der Waals surface area contributed by atoms with E-state index in [-0.39, 0.29) is 35.2 Å². The highest BCUT2D eigenvalue weighted by molar-refractivity contribution is 6.26. The fraction of sp³-hybridized carbons (Fsp3) is 0.404. The van der Waals surface area contributed by atoms with Gasteiger partial charge in [0.05, 0.1) is 11.1 Å². The van der Waals surface area contributed by atoms with Gasteiger partial charge in [-0.1, -0.05) is 118 Å². The van der Waals surface area contributed by atoms with E-state index in [1.165, 1.54) is 39.0 Å². The number of aliphatic hydroxyl groups is 1. The summed E-state index contributed by atoms with van der Waals surface area (Å²) in [5.74, 6) is 1.60. The highest BCUT2D eigenvalue weighted by Gasteiger charge is 2.49. The van der Waals surface area contributed by atoms with E-state index in [9.17, 15) is 14.7 Å². The minimum atomic E-state index is -0.0850. The van der Waals surface area contributed by atoms with Gasteiger partial charge in [-0.15, -0.1) is 0 Å². The smallest absolute Gasteiger partial charge is 0.171 e. The van der Waals surface area contributed by atoms with Crippen molar-refractivity contribution in [1.82, 2.24) is 0 Å². The Balaban J connectivity index is 0.000000183. The summed E-state index contributed by atoms with van der Waals surface area (Å²) < 4.78 is 6.44. The number of Topliss-reactive ketones (excluding diaryl/α,β-unsaturated/α-hetero) is 2. The van der Waals surface area contributed by atoms with Gasteiger partial charge in [0.2, 0.25) is 0 Å². The highest BCUT2D eigenvalue weighted by atomic mass is 16.5. The fourth-order valence-corrected chi connectivity index (χ4v) is 9.14. The highest BCUT2D eigenvalue weighted by Crippen LogP contribution is 2.52. The molecule has 0 aromatic heterocycles. The zero-order chi connectivity index (χ0) is 36.6. The topological polar surface area (TPSA) is 63.6 Å². The summed E-state index contributed by atoms with van der Waals surface area (Å²) >= 11 is 0. The number of aliphatic hydroxyl groups excluding tert-OH is 1. The molecule has 4 aliphatic carbocycles. The molecule has 3 aromatic rings. The molecule has 4 heteroatoms. The van der Waals surface area contributed by atoms with E-state index in [0.29, 0.717) is 17.9 Å². The average Bonchev–Trinajstić information content (AvgIpc) is 3.83. The van der Waals surface area contributed by atoms with Crippen molar-refractivity contribution < 1.29 is 19.4 Å². The van der Waals surface area contributed by atoms with Gasteiger partial charge in [-0.3, -0.25) is 9.59 Å². The number of hydrogen-bond donors (Lipinski definition) is 1. The summed E-state index contributed by atoms with van der Waals surface area (Å²) in [6.07, 6.45) is 6.70. The number of rotatable bonds is 9. The van der Waals surface area contributed by atoms with Gasteiger partial charge in [-0.25, -0.2) is 0 Å². The number of aryl methyl sites for hydroxylation is 6. The first-order valence-corrected chi connectivity index (χ1v) is 19.0. The maximum Gasteiger partial charge on any atom is 0.171 e. The van der Waals surface area contributed by atoms with Crippen LogP contribution in [0.5, 0.6) is 0 Å². The number of carbonyl (C=O) groups excluding carboxylic acids is 2. The van der Waals surface area contributed by atoms with E-state index < -0.39 is 0 Å². The molecule has 0 radical (unpaired) electrons. The third kappa shape index (κ3) is 6.82. The average molecular weight is 683 g/mol. The van der Waals surface area contributed by atoms with Crippen LogP contribution in [-0.2, 0) is 46.6 Å². The summed E-state index contributed by atoms with van der Waals surface area (Å²) in [4.78, 5) is 26.5. The van der Waals surface area contributed by atoms with Gasteiger partial charge in [-0.2, -0.15) is 0 Å². The standard InChI is InChI=1S/C27H30O2.C20H24O2/c1-5-20-12-17(3)13-21(6-2)24(20)25-26(28)22-14-18(4)15-23(22)27(25)29-16-19-10-8-7-9-11-19;1-5-13-7-11(3)8-14(6-2)17(13)18-19(21)15-9-12(4)10-16(15)20(18)22/h7-13,22-23H,4-6,14-16H2,1-3H3;7-8,15-16,21H,4-6,9-10H2,1-3H3. The maximum absolute atomic E-state index is 13.6.